The second kappa shape index (κ2) is 15.2. The quantitative estimate of drug-likeness (QED) is 0.0732. The number of benzene rings is 2. The van der Waals surface area contributed by atoms with E-state index in [1.54, 1.807) is 0 Å². The number of ether oxygens (including phenoxy) is 2. The van der Waals surface area contributed by atoms with Gasteiger partial charge in [-0.1, -0.05) is 18.2 Å². The zero-order valence-electron chi connectivity index (χ0n) is 26.1. The Morgan fingerprint density at radius 1 is 0.694 bits per heavy atom. The van der Waals surface area contributed by atoms with Crippen molar-refractivity contribution in [1.82, 2.24) is 0 Å². The number of fused-ring (bicyclic) bond motifs is 1. The van der Waals surface area contributed by atoms with Crippen LogP contribution in [0.4, 0.5) is 48.3 Å². The van der Waals surface area contributed by atoms with E-state index in [9.17, 15) is 53.1 Å². The molecule has 0 aliphatic heterocycles. The molecule has 1 aromatic heterocycles. The molecule has 0 bridgehead atoms. The summed E-state index contributed by atoms with van der Waals surface area (Å²) < 4.78 is 185. The molecule has 274 valence electrons. The molecule has 0 saturated heterocycles. The fraction of sp³-hybridized carbons (Fsp3) is 0.500. The molecule has 49 heavy (non-hydrogen) atoms. The molecule has 19 heteroatoms. The van der Waals surface area contributed by atoms with E-state index >= 15 is 0 Å². The summed E-state index contributed by atoms with van der Waals surface area (Å²) >= 11 is 0. The summed E-state index contributed by atoms with van der Waals surface area (Å²) in [7, 11) is -4.04. The van der Waals surface area contributed by atoms with Crippen molar-refractivity contribution in [1.29, 1.82) is 0 Å². The summed E-state index contributed by atoms with van der Waals surface area (Å²) in [5, 5.41) is 0.0904. The van der Waals surface area contributed by atoms with Crippen molar-refractivity contribution in [3.63, 3.8) is 0 Å². The van der Waals surface area contributed by atoms with Gasteiger partial charge in [0.15, 0.2) is 0 Å². The number of rotatable bonds is 18. The maximum absolute atomic E-state index is 14.6. The first-order valence-corrected chi connectivity index (χ1v) is 16.6. The highest BCUT2D eigenvalue weighted by Crippen LogP contribution is 2.55. The fourth-order valence-electron chi connectivity index (χ4n) is 4.65. The van der Waals surface area contributed by atoms with E-state index < -0.39 is 75.7 Å². The van der Waals surface area contributed by atoms with Crippen LogP contribution in [0, 0.1) is 0 Å². The van der Waals surface area contributed by atoms with Crippen molar-refractivity contribution in [2.45, 2.75) is 69.7 Å². The smallest absolute Gasteiger partial charge is 0.493 e. The van der Waals surface area contributed by atoms with Gasteiger partial charge in [0, 0.05) is 49.3 Å². The summed E-state index contributed by atoms with van der Waals surface area (Å²) in [4.78, 5) is 12.6. The Morgan fingerprint density at radius 2 is 1.24 bits per heavy atom. The van der Waals surface area contributed by atoms with Gasteiger partial charge >= 0.3 is 44.5 Å². The van der Waals surface area contributed by atoms with Gasteiger partial charge in [-0.25, -0.2) is 4.79 Å². The highest BCUT2D eigenvalue weighted by molar-refractivity contribution is 6.60. The highest BCUT2D eigenvalue weighted by Gasteiger charge is 2.80. The van der Waals surface area contributed by atoms with Crippen LogP contribution >= 0.6 is 0 Å². The highest BCUT2D eigenvalue weighted by atomic mass is 28.4. The molecular weight excluding hydrogens is 709 g/mol. The van der Waals surface area contributed by atoms with E-state index in [1.165, 1.54) is 39.0 Å². The molecular formula is C30H31F11O7Si. The largest absolute Gasteiger partial charge is 0.573 e. The topological polar surface area (TPSA) is 76.4 Å². The van der Waals surface area contributed by atoms with Crippen LogP contribution in [-0.2, 0) is 13.3 Å². The van der Waals surface area contributed by atoms with Crippen LogP contribution in [0.2, 0.25) is 6.04 Å². The van der Waals surface area contributed by atoms with Crippen molar-refractivity contribution in [3.05, 3.63) is 59.0 Å². The molecule has 0 N–H and O–H groups in total. The van der Waals surface area contributed by atoms with Crippen molar-refractivity contribution >= 4 is 19.8 Å². The molecule has 0 radical (unpaired) electrons. The van der Waals surface area contributed by atoms with E-state index in [4.69, 9.17) is 22.4 Å². The molecule has 0 aliphatic carbocycles. The number of para-hydroxylation sites is 1. The molecule has 3 rings (SSSR count). The first kappa shape index (κ1) is 40.0. The van der Waals surface area contributed by atoms with Crippen LogP contribution in [-0.4, -0.2) is 65.3 Å². The SMILES string of the molecule is CCO[Si](CCC(F)(F)C(F)(F)C(F)(F)C(F)(F)CCOc1ccc2cc(-c3ccccc3OC(F)(F)F)c(=O)oc2c1)(OCC)OCC. The first-order chi connectivity index (χ1) is 22.7. The number of hydrogen-bond acceptors (Lipinski definition) is 7. The average Bonchev–Trinajstić information content (AvgIpc) is 2.99. The molecule has 3 aromatic rings. The van der Waals surface area contributed by atoms with E-state index in [0.29, 0.717) is 0 Å². The molecule has 0 aliphatic rings. The number of halogens is 11. The van der Waals surface area contributed by atoms with Crippen LogP contribution in [0.25, 0.3) is 22.1 Å². The summed E-state index contributed by atoms with van der Waals surface area (Å²) in [6.45, 7) is 2.44. The van der Waals surface area contributed by atoms with E-state index in [1.807, 2.05) is 0 Å². The van der Waals surface area contributed by atoms with Crippen molar-refractivity contribution in [2.75, 3.05) is 26.4 Å². The molecule has 0 atom stereocenters. The Morgan fingerprint density at radius 3 is 1.80 bits per heavy atom. The standard InChI is InChI=1S/C30H31F11O7Si/c1-4-44-49(45-5-2,46-6-3)16-14-27(33,34)29(37,38)28(35,36)26(31,32)13-15-43-20-12-11-19-17-22(25(42)47-24(19)18-20)21-9-7-8-10-23(21)48-30(39,40)41/h7-12,17-18H,4-6,13-16H2,1-3H3. The van der Waals surface area contributed by atoms with Crippen LogP contribution in [0.3, 0.4) is 0 Å². The van der Waals surface area contributed by atoms with Gasteiger partial charge in [-0.15, -0.1) is 13.2 Å². The summed E-state index contributed by atoms with van der Waals surface area (Å²) in [6.07, 6.45) is -9.24. The first-order valence-electron chi connectivity index (χ1n) is 14.6. The minimum absolute atomic E-state index is 0.0904. The zero-order valence-corrected chi connectivity index (χ0v) is 27.1. The second-order valence-corrected chi connectivity index (χ2v) is 13.1. The number of alkyl halides is 11. The van der Waals surface area contributed by atoms with E-state index in [-0.39, 0.29) is 47.7 Å². The summed E-state index contributed by atoms with van der Waals surface area (Å²) in [5.74, 6) is -25.6. The maximum atomic E-state index is 14.6. The number of hydrogen-bond donors (Lipinski definition) is 0. The van der Waals surface area contributed by atoms with Gasteiger partial charge in [0.2, 0.25) is 0 Å². The van der Waals surface area contributed by atoms with Gasteiger partial charge in [-0.3, -0.25) is 0 Å². The van der Waals surface area contributed by atoms with Crippen LogP contribution in [0.15, 0.2) is 57.7 Å². The second-order valence-electron chi connectivity index (χ2n) is 10.3. The Balaban J connectivity index is 1.76. The Bertz CT molecular complexity index is 1600. The zero-order chi connectivity index (χ0) is 36.9. The van der Waals surface area contributed by atoms with Gasteiger partial charge in [0.25, 0.3) is 0 Å². The van der Waals surface area contributed by atoms with Crippen molar-refractivity contribution in [2.24, 2.45) is 0 Å². The normalized spacial score (nSPS) is 13.6. The lowest BCUT2D eigenvalue weighted by molar-refractivity contribution is -0.367. The van der Waals surface area contributed by atoms with Crippen LogP contribution < -0.4 is 15.1 Å². The van der Waals surface area contributed by atoms with E-state index in [0.717, 1.165) is 30.3 Å². The Hall–Kier alpha value is -3.42. The fourth-order valence-corrected chi connectivity index (χ4v) is 7.28. The Labute approximate surface area is 273 Å². The average molecular weight is 741 g/mol. The van der Waals surface area contributed by atoms with Crippen LogP contribution in [0.1, 0.15) is 33.6 Å². The summed E-state index contributed by atoms with van der Waals surface area (Å²) in [5.41, 5.74) is -2.06. The minimum atomic E-state index is -6.56. The molecule has 7 nitrogen and oxygen atoms in total. The van der Waals surface area contributed by atoms with Crippen molar-refractivity contribution in [3.8, 4) is 22.6 Å². The molecule has 2 aromatic carbocycles. The van der Waals surface area contributed by atoms with Crippen molar-refractivity contribution < 1.29 is 75.5 Å². The third kappa shape index (κ3) is 9.03. The van der Waals surface area contributed by atoms with Gasteiger partial charge < -0.3 is 27.2 Å². The van der Waals surface area contributed by atoms with Gasteiger partial charge in [-0.05, 0) is 45.0 Å². The third-order valence-corrected chi connectivity index (χ3v) is 9.99. The predicted octanol–water partition coefficient (Wildman–Crippen LogP) is 9.11. The maximum Gasteiger partial charge on any atom is 0.573 e. The lowest BCUT2D eigenvalue weighted by Gasteiger charge is -2.38. The lowest BCUT2D eigenvalue weighted by atomic mass is 9.95. The van der Waals surface area contributed by atoms with E-state index in [2.05, 4.69) is 4.74 Å². The molecule has 0 spiro atoms. The third-order valence-electron chi connectivity index (χ3n) is 6.95. The molecule has 0 fully saturated rings. The predicted molar refractivity (Wildman–Crippen MR) is 155 cm³/mol. The summed E-state index contributed by atoms with van der Waals surface area (Å²) in [6, 6.07) is 7.90. The molecule has 0 amide bonds. The molecule has 0 unspecified atom stereocenters. The minimum Gasteiger partial charge on any atom is -0.493 e. The van der Waals surface area contributed by atoms with Crippen LogP contribution in [0.5, 0.6) is 11.5 Å². The van der Waals surface area contributed by atoms with Gasteiger partial charge in [0.05, 0.1) is 18.6 Å². The lowest BCUT2D eigenvalue weighted by Crippen LogP contribution is -2.62. The Kier molecular flexibility index (Phi) is 12.4. The van der Waals surface area contributed by atoms with Gasteiger partial charge in [-0.2, -0.15) is 35.1 Å². The monoisotopic (exact) mass is 740 g/mol. The molecule has 0 saturated carbocycles. The molecule has 1 heterocycles. The van der Waals surface area contributed by atoms with Gasteiger partial charge in [0.1, 0.15) is 17.1 Å².